The van der Waals surface area contributed by atoms with E-state index in [0.717, 1.165) is 58.4 Å². The maximum absolute atomic E-state index is 12.1. The Labute approximate surface area is 285 Å². The summed E-state index contributed by atoms with van der Waals surface area (Å²) in [5.74, 6) is 4.09. The van der Waals surface area contributed by atoms with Gasteiger partial charge in [-0.25, -0.2) is 0 Å². The van der Waals surface area contributed by atoms with E-state index in [2.05, 4.69) is 59.5 Å². The molecule has 0 bridgehead atoms. The Hall–Kier alpha value is -2.01. The molecular formula is C40H64ClF3N2. The van der Waals surface area contributed by atoms with Crippen LogP contribution in [0.2, 0.25) is 0 Å². The molecule has 3 aliphatic rings. The lowest BCUT2D eigenvalue weighted by atomic mass is 9.73. The van der Waals surface area contributed by atoms with Gasteiger partial charge in [-0.15, -0.1) is 0 Å². The monoisotopic (exact) mass is 664 g/mol. The normalized spacial score (nSPS) is 22.0. The molecule has 1 N–H and O–H groups in total. The van der Waals surface area contributed by atoms with Crippen LogP contribution in [0.25, 0.3) is 5.57 Å². The van der Waals surface area contributed by atoms with Crippen molar-refractivity contribution >= 4 is 17.2 Å². The van der Waals surface area contributed by atoms with E-state index in [9.17, 15) is 13.2 Å². The van der Waals surface area contributed by atoms with Crippen LogP contribution >= 0.6 is 11.6 Å². The van der Waals surface area contributed by atoms with E-state index in [1.54, 1.807) is 31.8 Å². The van der Waals surface area contributed by atoms with Gasteiger partial charge < -0.3 is 0 Å². The molecule has 3 fully saturated rings. The third-order valence-electron chi connectivity index (χ3n) is 10.7. The number of rotatable bonds is 8. The van der Waals surface area contributed by atoms with Crippen molar-refractivity contribution in [3.8, 4) is 0 Å². The van der Waals surface area contributed by atoms with Crippen molar-refractivity contribution in [1.82, 2.24) is 10.2 Å². The van der Waals surface area contributed by atoms with Crippen molar-refractivity contribution in [3.63, 3.8) is 0 Å². The summed E-state index contributed by atoms with van der Waals surface area (Å²) >= 11 is 6.04. The second-order valence-electron chi connectivity index (χ2n) is 14.0. The number of halogens is 4. The number of aromatic nitrogens is 2. The number of allylic oxidation sites excluding steroid dienone is 7. The summed E-state index contributed by atoms with van der Waals surface area (Å²) < 4.78 is 36.4. The van der Waals surface area contributed by atoms with E-state index < -0.39 is 11.9 Å². The first-order chi connectivity index (χ1) is 21.6. The number of H-pyrrole nitrogens is 1. The summed E-state index contributed by atoms with van der Waals surface area (Å²) in [4.78, 5) is 0. The minimum Gasteiger partial charge on any atom is -0.273 e. The topological polar surface area (TPSA) is 28.7 Å². The number of alkyl halides is 3. The summed E-state index contributed by atoms with van der Waals surface area (Å²) in [6.07, 6.45) is 19.4. The summed E-state index contributed by atoms with van der Waals surface area (Å²) in [5.41, 5.74) is 3.67. The van der Waals surface area contributed by atoms with Crippen molar-refractivity contribution in [2.24, 2.45) is 29.1 Å². The van der Waals surface area contributed by atoms with Gasteiger partial charge in [0, 0.05) is 10.6 Å². The Balaban J connectivity index is 0.000000307. The molecule has 262 valence electrons. The third kappa shape index (κ3) is 13.6. The van der Waals surface area contributed by atoms with Crippen LogP contribution in [0, 0.1) is 29.1 Å². The van der Waals surface area contributed by atoms with E-state index in [1.165, 1.54) is 58.3 Å². The predicted molar refractivity (Wildman–Crippen MR) is 195 cm³/mol. The van der Waals surface area contributed by atoms with Gasteiger partial charge in [0.2, 0.25) is 0 Å². The molecule has 3 aliphatic carbocycles. The molecule has 3 unspecified atom stereocenters. The van der Waals surface area contributed by atoms with Gasteiger partial charge in [-0.2, -0.15) is 18.3 Å². The minimum absolute atomic E-state index is 0.0162. The number of nitrogens with zero attached hydrogens (tertiary/aromatic N) is 1. The average molecular weight is 665 g/mol. The third-order valence-corrected chi connectivity index (χ3v) is 11.0. The van der Waals surface area contributed by atoms with Crippen LogP contribution in [0.5, 0.6) is 0 Å². The Morgan fingerprint density at radius 2 is 1.65 bits per heavy atom. The highest BCUT2D eigenvalue weighted by Crippen LogP contribution is 2.57. The van der Waals surface area contributed by atoms with Crippen molar-refractivity contribution < 1.29 is 13.2 Å². The first-order valence-corrected chi connectivity index (χ1v) is 18.1. The molecular weight excluding hydrogens is 601 g/mol. The summed E-state index contributed by atoms with van der Waals surface area (Å²) in [6, 6.07) is 0. The summed E-state index contributed by atoms with van der Waals surface area (Å²) in [6.45, 7) is 28.2. The number of nitrogens with one attached hydrogen (secondary N) is 1. The summed E-state index contributed by atoms with van der Waals surface area (Å²) in [7, 11) is 0. The van der Waals surface area contributed by atoms with Crippen LogP contribution in [-0.4, -0.2) is 10.2 Å². The van der Waals surface area contributed by atoms with E-state index >= 15 is 0 Å². The molecule has 6 heteroatoms. The van der Waals surface area contributed by atoms with Gasteiger partial charge in [-0.05, 0) is 124 Å². The van der Waals surface area contributed by atoms with Crippen molar-refractivity contribution in [2.45, 2.75) is 145 Å². The Morgan fingerprint density at radius 1 is 1.07 bits per heavy atom. The minimum atomic E-state index is -4.38. The Kier molecular flexibility index (Phi) is 18.6. The molecule has 1 aromatic rings. The van der Waals surface area contributed by atoms with Crippen LogP contribution < -0.4 is 0 Å². The van der Waals surface area contributed by atoms with Gasteiger partial charge in [0.05, 0.1) is 6.20 Å². The van der Waals surface area contributed by atoms with E-state index in [-0.39, 0.29) is 5.56 Å². The first-order valence-electron chi connectivity index (χ1n) is 17.7. The van der Waals surface area contributed by atoms with Crippen molar-refractivity contribution in [3.05, 3.63) is 71.1 Å². The molecule has 3 atom stereocenters. The molecule has 0 aromatic carbocycles. The summed E-state index contributed by atoms with van der Waals surface area (Å²) in [5, 5.41) is 5.88. The molecule has 0 amide bonds. The molecule has 0 saturated heterocycles. The SMILES string of the molecule is C=C(C)c1cn[nH]c1C(F)(F)F.C=C/C(Cl)=C(C(=C)CC)\C(C)=C/C.CCC(C)C1CCCCC1C.CCC1CCC2(CC1)CC2. The molecule has 1 aromatic heterocycles. The number of hydrogen-bond donors (Lipinski definition) is 1. The first kappa shape index (κ1) is 42.0. The lowest BCUT2D eigenvalue weighted by molar-refractivity contribution is -0.141. The maximum Gasteiger partial charge on any atom is 0.433 e. The van der Waals surface area contributed by atoms with Crippen LogP contribution in [0.3, 0.4) is 0 Å². The van der Waals surface area contributed by atoms with Gasteiger partial charge in [0.15, 0.2) is 0 Å². The molecule has 0 radical (unpaired) electrons. The standard InChI is InChI=1S/C12H17Cl.C11H22.C10H18.C7H7F3N2/c1-6-9(4)12(10(5)7-2)11(13)8-3;1-4-9(2)11-8-6-5-7-10(11)3;1-2-9-3-5-10(6-4-9)7-8-10;1-4(2)5-3-11-12-6(5)7(8,9)10/h7-8H,3-4,6H2,1-2,5H3;9-11H,4-8H2,1-3H3;9H,2-8H2,1H3;3H,1H2,2H3,(H,11,12)/b10-7-,12-11+;;;. The fraction of sp³-hybridized carbons (Fsp3) is 0.675. The lowest BCUT2D eigenvalue weighted by Crippen LogP contribution is -2.22. The van der Waals surface area contributed by atoms with E-state index in [4.69, 9.17) is 11.6 Å². The lowest BCUT2D eigenvalue weighted by Gasteiger charge is -2.33. The molecule has 1 heterocycles. The van der Waals surface area contributed by atoms with Gasteiger partial charge in [0.25, 0.3) is 0 Å². The van der Waals surface area contributed by atoms with E-state index in [0.29, 0.717) is 10.6 Å². The van der Waals surface area contributed by atoms with Crippen molar-refractivity contribution in [2.75, 3.05) is 0 Å². The average Bonchev–Trinajstić information content (AvgIpc) is 3.57. The molecule has 46 heavy (non-hydrogen) atoms. The molecule has 1 spiro atoms. The predicted octanol–water partition coefficient (Wildman–Crippen LogP) is 14.3. The molecule has 2 nitrogen and oxygen atoms in total. The largest absolute Gasteiger partial charge is 0.433 e. The van der Waals surface area contributed by atoms with Crippen LogP contribution in [0.4, 0.5) is 13.2 Å². The zero-order valence-electron chi connectivity index (χ0n) is 30.3. The van der Waals surface area contributed by atoms with Crippen LogP contribution in [-0.2, 0) is 6.18 Å². The number of aromatic amines is 1. The molecule has 4 rings (SSSR count). The highest BCUT2D eigenvalue weighted by Gasteiger charge is 2.44. The highest BCUT2D eigenvalue weighted by atomic mass is 35.5. The molecule has 0 aliphatic heterocycles. The second kappa shape index (κ2) is 20.4. The number of hydrogen-bond acceptors (Lipinski definition) is 1. The van der Waals surface area contributed by atoms with Gasteiger partial charge in [-0.1, -0.05) is 110 Å². The fourth-order valence-corrected chi connectivity index (χ4v) is 7.04. The van der Waals surface area contributed by atoms with E-state index in [1.807, 2.05) is 25.0 Å². The zero-order valence-corrected chi connectivity index (χ0v) is 31.1. The van der Waals surface area contributed by atoms with Crippen molar-refractivity contribution in [1.29, 1.82) is 0 Å². The highest BCUT2D eigenvalue weighted by molar-refractivity contribution is 6.32. The Morgan fingerprint density at radius 3 is 2.04 bits per heavy atom. The van der Waals surface area contributed by atoms with Crippen LogP contribution in [0.15, 0.2) is 59.8 Å². The second-order valence-corrected chi connectivity index (χ2v) is 14.4. The zero-order chi connectivity index (χ0) is 35.1. The fourth-order valence-electron chi connectivity index (χ4n) is 6.75. The smallest absolute Gasteiger partial charge is 0.273 e. The van der Waals surface area contributed by atoms with Gasteiger partial charge >= 0.3 is 6.18 Å². The Bertz CT molecular complexity index is 1140. The van der Waals surface area contributed by atoms with Crippen LogP contribution in [0.1, 0.15) is 150 Å². The van der Waals surface area contributed by atoms with Gasteiger partial charge in [-0.3, -0.25) is 5.10 Å². The molecule has 3 saturated carbocycles. The van der Waals surface area contributed by atoms with Gasteiger partial charge in [0.1, 0.15) is 5.69 Å². The maximum atomic E-state index is 12.1. The quantitative estimate of drug-likeness (QED) is 0.275.